The number of carbonyl (C=O) groups excluding carboxylic acids is 2. The van der Waals surface area contributed by atoms with Gasteiger partial charge in [0.1, 0.15) is 5.82 Å². The average molecular weight is 313 g/mol. The molecule has 0 saturated heterocycles. The maximum Gasteiger partial charge on any atom is 0.222 e. The lowest BCUT2D eigenvalue weighted by Gasteiger charge is -2.14. The van der Waals surface area contributed by atoms with Gasteiger partial charge in [0.05, 0.1) is 12.3 Å². The minimum Gasteiger partial charge on any atom is -0.461 e. The molecule has 0 aliphatic heterocycles. The van der Waals surface area contributed by atoms with Crippen LogP contribution in [0, 0.1) is 35.9 Å². The van der Waals surface area contributed by atoms with Crippen LogP contribution in [-0.2, 0) is 11.2 Å². The predicted molar refractivity (Wildman–Crippen MR) is 81.2 cm³/mol. The van der Waals surface area contributed by atoms with E-state index in [2.05, 4.69) is 0 Å². The lowest BCUT2D eigenvalue weighted by atomic mass is 9.86. The van der Waals surface area contributed by atoms with Gasteiger partial charge in [0.15, 0.2) is 17.5 Å². The van der Waals surface area contributed by atoms with Crippen molar-refractivity contribution in [3.05, 3.63) is 59.3 Å². The van der Waals surface area contributed by atoms with Crippen LogP contribution in [0.15, 0.2) is 41.0 Å². The molecule has 5 heteroatoms. The number of benzene rings is 1. The monoisotopic (exact) mass is 313 g/mol. The number of aryl methyl sites for hydroxylation is 1. The normalized spacial score (nSPS) is 13.1. The molecule has 0 aliphatic rings. The fraction of sp³-hybridized carbons (Fsp3) is 0.278. The fourth-order valence-electron chi connectivity index (χ4n) is 2.39. The molecule has 1 heterocycles. The molecule has 1 aromatic carbocycles. The van der Waals surface area contributed by atoms with Crippen molar-refractivity contribution >= 4 is 11.6 Å². The third-order valence-corrected chi connectivity index (χ3v) is 3.73. The summed E-state index contributed by atoms with van der Waals surface area (Å²) >= 11 is 0. The SMILES string of the molecule is Cc1ccoc1C(=O)[C@@H](C#N)C(=O)[C@@H](C)Cc1ccccc1F. The van der Waals surface area contributed by atoms with E-state index in [4.69, 9.17) is 4.42 Å². The number of Topliss-reactive ketones (excluding diaryl/α,β-unsaturated/α-hetero) is 2. The lowest BCUT2D eigenvalue weighted by Crippen LogP contribution is -2.29. The van der Waals surface area contributed by atoms with E-state index >= 15 is 0 Å². The van der Waals surface area contributed by atoms with E-state index < -0.39 is 29.2 Å². The van der Waals surface area contributed by atoms with E-state index in [0.29, 0.717) is 11.1 Å². The zero-order valence-corrected chi connectivity index (χ0v) is 12.9. The largest absolute Gasteiger partial charge is 0.461 e. The third kappa shape index (κ3) is 3.54. The van der Waals surface area contributed by atoms with Gasteiger partial charge in [0, 0.05) is 5.92 Å². The lowest BCUT2D eigenvalue weighted by molar-refractivity contribution is -0.123. The molecule has 118 valence electrons. The highest BCUT2D eigenvalue weighted by molar-refractivity contribution is 6.12. The Balaban J connectivity index is 2.17. The molecule has 0 aliphatic carbocycles. The van der Waals surface area contributed by atoms with Gasteiger partial charge in [-0.25, -0.2) is 4.39 Å². The molecule has 0 spiro atoms. The molecule has 0 unspecified atom stereocenters. The predicted octanol–water partition coefficient (Wildman–Crippen LogP) is 3.50. The molecule has 0 saturated carbocycles. The Morgan fingerprint density at radius 1 is 1.30 bits per heavy atom. The van der Waals surface area contributed by atoms with Crippen molar-refractivity contribution in [2.24, 2.45) is 11.8 Å². The van der Waals surface area contributed by atoms with E-state index in [9.17, 15) is 19.2 Å². The van der Waals surface area contributed by atoms with Crippen LogP contribution in [0.5, 0.6) is 0 Å². The molecular weight excluding hydrogens is 297 g/mol. The Hall–Kier alpha value is -2.74. The Morgan fingerprint density at radius 3 is 2.57 bits per heavy atom. The highest BCUT2D eigenvalue weighted by Gasteiger charge is 2.33. The van der Waals surface area contributed by atoms with Crippen LogP contribution in [0.3, 0.4) is 0 Å². The second kappa shape index (κ2) is 7.01. The number of ketones is 2. The van der Waals surface area contributed by atoms with Crippen molar-refractivity contribution in [1.82, 2.24) is 0 Å². The van der Waals surface area contributed by atoms with Gasteiger partial charge in [0.25, 0.3) is 0 Å². The quantitative estimate of drug-likeness (QED) is 0.604. The summed E-state index contributed by atoms with van der Waals surface area (Å²) < 4.78 is 18.7. The summed E-state index contributed by atoms with van der Waals surface area (Å²) in [6, 6.07) is 9.47. The van der Waals surface area contributed by atoms with Crippen LogP contribution in [0.1, 0.15) is 28.6 Å². The first-order valence-electron chi connectivity index (χ1n) is 7.20. The first-order valence-corrected chi connectivity index (χ1v) is 7.20. The number of nitriles is 1. The molecule has 0 radical (unpaired) electrons. The van der Waals surface area contributed by atoms with Crippen molar-refractivity contribution in [3.63, 3.8) is 0 Å². The molecule has 0 amide bonds. The van der Waals surface area contributed by atoms with Gasteiger partial charge in [-0.1, -0.05) is 25.1 Å². The van der Waals surface area contributed by atoms with Crippen molar-refractivity contribution in [2.45, 2.75) is 20.3 Å². The van der Waals surface area contributed by atoms with E-state index in [1.54, 1.807) is 44.2 Å². The summed E-state index contributed by atoms with van der Waals surface area (Å²) in [4.78, 5) is 24.7. The Kier molecular flexibility index (Phi) is 5.07. The van der Waals surface area contributed by atoms with Gasteiger partial charge in [-0.3, -0.25) is 9.59 Å². The van der Waals surface area contributed by atoms with E-state index in [1.807, 2.05) is 0 Å². The van der Waals surface area contributed by atoms with Gasteiger partial charge in [-0.15, -0.1) is 0 Å². The topological polar surface area (TPSA) is 71.1 Å². The van der Waals surface area contributed by atoms with Crippen molar-refractivity contribution in [2.75, 3.05) is 0 Å². The molecule has 0 fully saturated rings. The van der Waals surface area contributed by atoms with Crippen LogP contribution in [0.2, 0.25) is 0 Å². The molecular formula is C18H16FNO3. The summed E-state index contributed by atoms with van der Waals surface area (Å²) in [5.74, 6) is -3.67. The van der Waals surface area contributed by atoms with Gasteiger partial charge in [-0.2, -0.15) is 5.26 Å². The minimum absolute atomic E-state index is 0.0167. The first kappa shape index (κ1) is 16.6. The van der Waals surface area contributed by atoms with Gasteiger partial charge < -0.3 is 4.42 Å². The summed E-state index contributed by atoms with van der Waals surface area (Å²) in [5, 5.41) is 9.22. The van der Waals surface area contributed by atoms with Crippen LogP contribution in [0.4, 0.5) is 4.39 Å². The Morgan fingerprint density at radius 2 is 2.00 bits per heavy atom. The maximum atomic E-state index is 13.7. The number of furan rings is 1. The highest BCUT2D eigenvalue weighted by Crippen LogP contribution is 2.20. The molecule has 2 atom stereocenters. The second-order valence-corrected chi connectivity index (χ2v) is 5.46. The van der Waals surface area contributed by atoms with Crippen molar-refractivity contribution in [3.8, 4) is 6.07 Å². The maximum absolute atomic E-state index is 13.7. The number of hydrogen-bond acceptors (Lipinski definition) is 4. The molecule has 0 N–H and O–H groups in total. The second-order valence-electron chi connectivity index (χ2n) is 5.46. The van der Waals surface area contributed by atoms with Crippen LogP contribution < -0.4 is 0 Å². The summed E-state index contributed by atoms with van der Waals surface area (Å²) in [6.07, 6.45) is 1.47. The molecule has 23 heavy (non-hydrogen) atoms. The highest BCUT2D eigenvalue weighted by atomic mass is 19.1. The summed E-state index contributed by atoms with van der Waals surface area (Å²) in [7, 11) is 0. The third-order valence-electron chi connectivity index (χ3n) is 3.73. The molecule has 2 rings (SSSR count). The van der Waals surface area contributed by atoms with Crippen LogP contribution in [0.25, 0.3) is 0 Å². The Labute approximate surface area is 133 Å². The fourth-order valence-corrected chi connectivity index (χ4v) is 2.39. The minimum atomic E-state index is -1.44. The number of hydrogen-bond donors (Lipinski definition) is 0. The standard InChI is InChI=1S/C18H16FNO3/c1-11-7-8-23-18(11)17(22)14(10-20)16(21)12(2)9-13-5-3-4-6-15(13)19/h3-8,12,14H,9H2,1-2H3/t12-,14-/m0/s1. The van der Waals surface area contributed by atoms with E-state index in [-0.39, 0.29) is 12.2 Å². The Bertz CT molecular complexity index is 773. The summed E-state index contributed by atoms with van der Waals surface area (Å²) in [5.41, 5.74) is 0.955. The van der Waals surface area contributed by atoms with Crippen LogP contribution >= 0.6 is 0 Å². The van der Waals surface area contributed by atoms with Crippen molar-refractivity contribution in [1.29, 1.82) is 5.26 Å². The first-order chi connectivity index (χ1) is 11.0. The molecule has 2 aromatic rings. The number of nitrogens with zero attached hydrogens (tertiary/aromatic N) is 1. The zero-order chi connectivity index (χ0) is 17.0. The van der Waals surface area contributed by atoms with E-state index in [1.165, 1.54) is 12.3 Å². The zero-order valence-electron chi connectivity index (χ0n) is 12.9. The number of carbonyl (C=O) groups is 2. The summed E-state index contributed by atoms with van der Waals surface area (Å²) in [6.45, 7) is 3.25. The number of rotatable bonds is 6. The van der Waals surface area contributed by atoms with Gasteiger partial charge >= 0.3 is 0 Å². The van der Waals surface area contributed by atoms with E-state index in [0.717, 1.165) is 0 Å². The number of halogens is 1. The van der Waals surface area contributed by atoms with Gasteiger partial charge in [-0.05, 0) is 36.6 Å². The smallest absolute Gasteiger partial charge is 0.222 e. The van der Waals surface area contributed by atoms with Crippen molar-refractivity contribution < 1.29 is 18.4 Å². The molecule has 0 bridgehead atoms. The molecule has 1 aromatic heterocycles. The van der Waals surface area contributed by atoms with Gasteiger partial charge in [0.2, 0.25) is 5.78 Å². The average Bonchev–Trinajstić information content (AvgIpc) is 2.96. The molecule has 4 nitrogen and oxygen atoms in total. The van der Waals surface area contributed by atoms with Crippen LogP contribution in [-0.4, -0.2) is 11.6 Å².